The fourth-order valence-corrected chi connectivity index (χ4v) is 3.64. The molecule has 3 rings (SSSR count). The number of benzene rings is 1. The molecule has 1 aliphatic rings. The molecule has 122 valence electrons. The van der Waals surface area contributed by atoms with Gasteiger partial charge in [-0.1, -0.05) is 30.3 Å². The van der Waals surface area contributed by atoms with E-state index in [1.807, 2.05) is 17.5 Å². The van der Waals surface area contributed by atoms with Gasteiger partial charge in [-0.25, -0.2) is 4.79 Å². The topological polar surface area (TPSA) is 44.4 Å². The van der Waals surface area contributed by atoms with E-state index in [0.29, 0.717) is 6.54 Å². The molecule has 0 radical (unpaired) electrons. The Bertz CT molecular complexity index is 641. The number of hydrogen-bond donors (Lipinski definition) is 2. The van der Waals surface area contributed by atoms with Gasteiger partial charge in [-0.15, -0.1) is 11.3 Å². The molecule has 1 aliphatic heterocycles. The molecule has 0 saturated carbocycles. The van der Waals surface area contributed by atoms with Crippen LogP contribution in [0, 0.1) is 0 Å². The van der Waals surface area contributed by atoms with Crippen LogP contribution in [-0.4, -0.2) is 30.1 Å². The highest BCUT2D eigenvalue weighted by atomic mass is 32.1. The Kier molecular flexibility index (Phi) is 5.31. The molecule has 1 aromatic heterocycles. The quantitative estimate of drug-likeness (QED) is 0.886. The van der Waals surface area contributed by atoms with Gasteiger partial charge in [-0.3, -0.25) is 4.90 Å². The number of thiophene rings is 1. The number of hydrogen-bond acceptors (Lipinski definition) is 3. The van der Waals surface area contributed by atoms with E-state index >= 15 is 0 Å². The summed E-state index contributed by atoms with van der Waals surface area (Å²) >= 11 is 1.66. The van der Waals surface area contributed by atoms with Gasteiger partial charge in [0.15, 0.2) is 0 Å². The number of rotatable bonds is 5. The summed E-state index contributed by atoms with van der Waals surface area (Å²) in [6.45, 7) is 5.55. The molecule has 2 heterocycles. The van der Waals surface area contributed by atoms with Gasteiger partial charge in [0.25, 0.3) is 0 Å². The first-order valence-electron chi connectivity index (χ1n) is 8.06. The summed E-state index contributed by atoms with van der Waals surface area (Å²) in [6.07, 6.45) is 1.09. The van der Waals surface area contributed by atoms with Crippen LogP contribution < -0.4 is 10.6 Å². The van der Waals surface area contributed by atoms with E-state index in [-0.39, 0.29) is 12.1 Å². The Morgan fingerprint density at radius 3 is 2.87 bits per heavy atom. The Morgan fingerprint density at radius 2 is 2.09 bits per heavy atom. The standard InChI is InChI=1S/C18H23N3OS/c1-14(20-18(22)19-11-17-7-4-10-23-17)12-21-9-8-15-5-2-3-6-16(15)13-21/h2-7,10,14H,8-9,11-13H2,1H3,(H2,19,20,22). The lowest BCUT2D eigenvalue weighted by atomic mass is 10.00. The molecule has 0 aliphatic carbocycles. The minimum Gasteiger partial charge on any atom is -0.334 e. The highest BCUT2D eigenvalue weighted by Gasteiger charge is 2.18. The molecule has 0 fully saturated rings. The molecule has 0 spiro atoms. The van der Waals surface area contributed by atoms with Crippen LogP contribution in [0.25, 0.3) is 0 Å². The van der Waals surface area contributed by atoms with Crippen molar-refractivity contribution in [2.24, 2.45) is 0 Å². The Morgan fingerprint density at radius 1 is 1.26 bits per heavy atom. The van der Waals surface area contributed by atoms with E-state index in [0.717, 1.165) is 26.1 Å². The summed E-state index contributed by atoms with van der Waals surface area (Å²) in [5, 5.41) is 7.96. The van der Waals surface area contributed by atoms with Crippen LogP contribution in [0.1, 0.15) is 22.9 Å². The van der Waals surface area contributed by atoms with Crippen molar-refractivity contribution in [2.45, 2.75) is 32.5 Å². The zero-order valence-electron chi connectivity index (χ0n) is 13.4. The Labute approximate surface area is 141 Å². The van der Waals surface area contributed by atoms with Crippen molar-refractivity contribution >= 4 is 17.4 Å². The van der Waals surface area contributed by atoms with E-state index in [2.05, 4.69) is 46.7 Å². The molecule has 4 nitrogen and oxygen atoms in total. The van der Waals surface area contributed by atoms with E-state index in [1.165, 1.54) is 16.0 Å². The average molecular weight is 329 g/mol. The summed E-state index contributed by atoms with van der Waals surface area (Å²) in [4.78, 5) is 15.5. The summed E-state index contributed by atoms with van der Waals surface area (Å²) in [7, 11) is 0. The van der Waals surface area contributed by atoms with Crippen LogP contribution in [0.4, 0.5) is 4.79 Å². The van der Waals surface area contributed by atoms with Crippen molar-refractivity contribution in [3.8, 4) is 0 Å². The lowest BCUT2D eigenvalue weighted by Gasteiger charge is -2.31. The minimum absolute atomic E-state index is 0.0942. The smallest absolute Gasteiger partial charge is 0.315 e. The maximum atomic E-state index is 12.0. The normalized spacial score (nSPS) is 15.7. The first-order valence-corrected chi connectivity index (χ1v) is 8.94. The lowest BCUT2D eigenvalue weighted by molar-refractivity contribution is 0.215. The number of fused-ring (bicyclic) bond motifs is 1. The molecule has 1 atom stereocenters. The highest BCUT2D eigenvalue weighted by molar-refractivity contribution is 7.09. The second-order valence-electron chi connectivity index (χ2n) is 6.06. The molecule has 2 N–H and O–H groups in total. The van der Waals surface area contributed by atoms with Gasteiger partial charge in [-0.2, -0.15) is 0 Å². The molecule has 1 aromatic carbocycles. The second-order valence-corrected chi connectivity index (χ2v) is 7.09. The third kappa shape index (κ3) is 4.56. The van der Waals surface area contributed by atoms with Crippen LogP contribution >= 0.6 is 11.3 Å². The molecule has 0 saturated heterocycles. The zero-order chi connectivity index (χ0) is 16.1. The van der Waals surface area contributed by atoms with Gasteiger partial charge in [-0.05, 0) is 35.9 Å². The van der Waals surface area contributed by atoms with Gasteiger partial charge in [0.1, 0.15) is 0 Å². The number of nitrogens with one attached hydrogen (secondary N) is 2. The molecular formula is C18H23N3OS. The molecule has 2 aromatic rings. The van der Waals surface area contributed by atoms with E-state index in [1.54, 1.807) is 11.3 Å². The summed E-state index contributed by atoms with van der Waals surface area (Å²) in [6, 6.07) is 12.7. The molecule has 5 heteroatoms. The molecule has 2 amide bonds. The minimum atomic E-state index is -0.0942. The van der Waals surface area contributed by atoms with E-state index in [4.69, 9.17) is 0 Å². The van der Waals surface area contributed by atoms with Gasteiger partial charge >= 0.3 is 6.03 Å². The molecule has 0 bridgehead atoms. The zero-order valence-corrected chi connectivity index (χ0v) is 14.2. The van der Waals surface area contributed by atoms with Crippen LogP contribution in [-0.2, 0) is 19.5 Å². The Hall–Kier alpha value is -1.85. The van der Waals surface area contributed by atoms with E-state index in [9.17, 15) is 4.79 Å². The maximum Gasteiger partial charge on any atom is 0.315 e. The van der Waals surface area contributed by atoms with Gasteiger partial charge in [0.05, 0.1) is 6.54 Å². The first-order chi connectivity index (χ1) is 11.2. The Balaban J connectivity index is 1.42. The van der Waals surface area contributed by atoms with Crippen molar-refractivity contribution in [2.75, 3.05) is 13.1 Å². The number of carbonyl (C=O) groups is 1. The number of nitrogens with zero attached hydrogens (tertiary/aromatic N) is 1. The highest BCUT2D eigenvalue weighted by Crippen LogP contribution is 2.18. The number of carbonyl (C=O) groups excluding carboxylic acids is 1. The van der Waals surface area contributed by atoms with Crippen LogP contribution in [0.3, 0.4) is 0 Å². The average Bonchev–Trinajstić information content (AvgIpc) is 3.06. The van der Waals surface area contributed by atoms with E-state index < -0.39 is 0 Å². The molecular weight excluding hydrogens is 306 g/mol. The van der Waals surface area contributed by atoms with Crippen molar-refractivity contribution < 1.29 is 4.79 Å². The second kappa shape index (κ2) is 7.62. The van der Waals surface area contributed by atoms with Gasteiger partial charge < -0.3 is 10.6 Å². The van der Waals surface area contributed by atoms with Crippen LogP contribution in [0.15, 0.2) is 41.8 Å². The van der Waals surface area contributed by atoms with Gasteiger partial charge in [0.2, 0.25) is 0 Å². The summed E-state index contributed by atoms with van der Waals surface area (Å²) < 4.78 is 0. The molecule has 23 heavy (non-hydrogen) atoms. The van der Waals surface area contributed by atoms with Crippen molar-refractivity contribution in [3.63, 3.8) is 0 Å². The SMILES string of the molecule is CC(CN1CCc2ccccc2C1)NC(=O)NCc1cccs1. The maximum absolute atomic E-state index is 12.0. The predicted octanol–water partition coefficient (Wildman–Crippen LogP) is 2.99. The molecule has 1 unspecified atom stereocenters. The third-order valence-corrected chi connectivity index (χ3v) is 5.00. The number of urea groups is 1. The predicted molar refractivity (Wildman–Crippen MR) is 94.6 cm³/mol. The van der Waals surface area contributed by atoms with Crippen molar-refractivity contribution in [3.05, 3.63) is 57.8 Å². The fourth-order valence-electron chi connectivity index (χ4n) is 3.00. The number of amides is 2. The van der Waals surface area contributed by atoms with Crippen LogP contribution in [0.5, 0.6) is 0 Å². The van der Waals surface area contributed by atoms with Gasteiger partial charge in [0, 0.05) is 30.6 Å². The summed E-state index contributed by atoms with van der Waals surface area (Å²) in [5.74, 6) is 0. The fraction of sp³-hybridized carbons (Fsp3) is 0.389. The largest absolute Gasteiger partial charge is 0.334 e. The third-order valence-electron chi connectivity index (χ3n) is 4.12. The monoisotopic (exact) mass is 329 g/mol. The summed E-state index contributed by atoms with van der Waals surface area (Å²) in [5.41, 5.74) is 2.87. The first kappa shape index (κ1) is 16.0. The lowest BCUT2D eigenvalue weighted by Crippen LogP contribution is -2.46. The van der Waals surface area contributed by atoms with Crippen molar-refractivity contribution in [1.29, 1.82) is 0 Å². The van der Waals surface area contributed by atoms with Crippen LogP contribution in [0.2, 0.25) is 0 Å². The van der Waals surface area contributed by atoms with Crippen molar-refractivity contribution in [1.82, 2.24) is 15.5 Å².